The summed E-state index contributed by atoms with van der Waals surface area (Å²) in [4.78, 5) is 27.2. The maximum absolute atomic E-state index is 13.1. The smallest absolute Gasteiger partial charge is 0.296 e. The Labute approximate surface area is 165 Å². The molecule has 3 heterocycles. The van der Waals surface area contributed by atoms with Gasteiger partial charge in [0.05, 0.1) is 17.4 Å². The van der Waals surface area contributed by atoms with Crippen LogP contribution in [0.4, 0.5) is 0 Å². The number of amides is 1. The van der Waals surface area contributed by atoms with Crippen molar-refractivity contribution in [3.63, 3.8) is 0 Å². The summed E-state index contributed by atoms with van der Waals surface area (Å²) in [5.74, 6) is -7.23. The highest BCUT2D eigenvalue weighted by atomic mass is 16.6. The summed E-state index contributed by atoms with van der Waals surface area (Å²) >= 11 is 0. The van der Waals surface area contributed by atoms with Gasteiger partial charge in [-0.15, -0.1) is 0 Å². The Bertz CT molecular complexity index is 1080. The molecule has 8 nitrogen and oxygen atoms in total. The molecule has 29 heavy (non-hydrogen) atoms. The first-order chi connectivity index (χ1) is 13.7. The van der Waals surface area contributed by atoms with Gasteiger partial charge in [0.15, 0.2) is 0 Å². The molecule has 5 rings (SSSR count). The molecule has 1 spiro atoms. The third kappa shape index (κ3) is 1.80. The fraction of sp³-hybridized carbons (Fsp3) is 0.333. The number of ether oxygens (including phenoxy) is 1. The molecule has 2 atom stereocenters. The molecule has 0 unspecified atom stereocenters. The van der Waals surface area contributed by atoms with Crippen LogP contribution in [0.1, 0.15) is 30.5 Å². The molecule has 0 radical (unpaired) electrons. The summed E-state index contributed by atoms with van der Waals surface area (Å²) in [7, 11) is 0. The second kappa shape index (κ2) is 5.35. The van der Waals surface area contributed by atoms with E-state index in [1.165, 1.54) is 30.7 Å². The lowest BCUT2D eigenvalue weighted by molar-refractivity contribution is -0.312. The van der Waals surface area contributed by atoms with Crippen LogP contribution in [0.5, 0.6) is 0 Å². The summed E-state index contributed by atoms with van der Waals surface area (Å²) in [6, 6.07) is 7.61. The molecule has 3 aliphatic rings. The molecule has 1 saturated heterocycles. The van der Waals surface area contributed by atoms with Crippen LogP contribution in [0.25, 0.3) is 5.76 Å². The van der Waals surface area contributed by atoms with Crippen LogP contribution >= 0.6 is 0 Å². The van der Waals surface area contributed by atoms with E-state index in [1.54, 1.807) is 12.1 Å². The fourth-order valence-corrected chi connectivity index (χ4v) is 4.88. The number of furan rings is 1. The SMILES string of the molecule is CC(C)CN1C(=O)C(=O)C2=C(c3ccoc3)O[C@]3(O)c4ccccc4C(O)(O)[C@@]213. The van der Waals surface area contributed by atoms with Gasteiger partial charge in [-0.1, -0.05) is 38.1 Å². The normalized spacial score (nSPS) is 29.4. The van der Waals surface area contributed by atoms with Crippen LogP contribution in [-0.2, 0) is 25.9 Å². The molecule has 2 aliphatic heterocycles. The molecule has 2 aromatic rings. The number of hydrogen-bond donors (Lipinski definition) is 3. The predicted octanol–water partition coefficient (Wildman–Crippen LogP) is 0.823. The van der Waals surface area contributed by atoms with E-state index in [2.05, 4.69) is 0 Å². The maximum Gasteiger partial charge on any atom is 0.296 e. The minimum atomic E-state index is -2.77. The Morgan fingerprint density at radius 1 is 1.07 bits per heavy atom. The number of benzene rings is 1. The van der Waals surface area contributed by atoms with Crippen molar-refractivity contribution < 1.29 is 34.1 Å². The monoisotopic (exact) mass is 397 g/mol. The number of Topliss-reactive ketones (excluding diaryl/α,β-unsaturated/α-hetero) is 1. The topological polar surface area (TPSA) is 120 Å². The van der Waals surface area contributed by atoms with Crippen molar-refractivity contribution in [2.45, 2.75) is 31.0 Å². The summed E-state index contributed by atoms with van der Waals surface area (Å²) in [6.07, 6.45) is 2.65. The number of carbonyl (C=O) groups excluding carboxylic acids is 2. The van der Waals surface area contributed by atoms with Gasteiger partial charge in [0.1, 0.15) is 12.0 Å². The standard InChI is InChI=1S/C21H19NO7/c1-11(2)9-22-18(24)16(23)15-17(12-7-8-28-10-12)29-21(27)14-6-4-3-5-13(14)20(25,26)19(15,21)22/h3-8,10-11,25-27H,9H2,1-2H3/t19-,21-/m1/s1. The average molecular weight is 397 g/mol. The highest BCUT2D eigenvalue weighted by Gasteiger charge is 2.85. The lowest BCUT2D eigenvalue weighted by atomic mass is 9.78. The largest absolute Gasteiger partial charge is 0.472 e. The van der Waals surface area contributed by atoms with Crippen LogP contribution < -0.4 is 0 Å². The van der Waals surface area contributed by atoms with Crippen molar-refractivity contribution in [3.05, 3.63) is 65.1 Å². The van der Waals surface area contributed by atoms with Gasteiger partial charge in [0, 0.05) is 17.7 Å². The van der Waals surface area contributed by atoms with Crippen molar-refractivity contribution in [2.75, 3.05) is 6.54 Å². The van der Waals surface area contributed by atoms with Gasteiger partial charge in [-0.25, -0.2) is 0 Å². The van der Waals surface area contributed by atoms with Crippen LogP contribution in [0.2, 0.25) is 0 Å². The highest BCUT2D eigenvalue weighted by molar-refractivity contribution is 6.48. The van der Waals surface area contributed by atoms with Crippen molar-refractivity contribution in [1.29, 1.82) is 0 Å². The lowest BCUT2D eigenvalue weighted by Gasteiger charge is -2.45. The maximum atomic E-state index is 13.1. The molecule has 1 fully saturated rings. The Balaban J connectivity index is 1.90. The Morgan fingerprint density at radius 2 is 1.76 bits per heavy atom. The van der Waals surface area contributed by atoms with Crippen LogP contribution in [-0.4, -0.2) is 44.0 Å². The zero-order valence-electron chi connectivity index (χ0n) is 15.7. The second-order valence-electron chi connectivity index (χ2n) is 8.03. The Hall–Kier alpha value is -2.94. The molecule has 150 valence electrons. The predicted molar refractivity (Wildman–Crippen MR) is 97.5 cm³/mol. The average Bonchev–Trinajstić information content (AvgIpc) is 3.37. The molecule has 0 bridgehead atoms. The van der Waals surface area contributed by atoms with Gasteiger partial charge in [-0.2, -0.15) is 0 Å². The quantitative estimate of drug-likeness (QED) is 0.518. The number of nitrogens with zero attached hydrogens (tertiary/aromatic N) is 1. The minimum absolute atomic E-state index is 0.00920. The lowest BCUT2D eigenvalue weighted by Crippen LogP contribution is -2.66. The summed E-state index contributed by atoms with van der Waals surface area (Å²) in [5, 5.41) is 34.6. The van der Waals surface area contributed by atoms with E-state index in [0.29, 0.717) is 5.56 Å². The van der Waals surface area contributed by atoms with E-state index in [1.807, 2.05) is 13.8 Å². The van der Waals surface area contributed by atoms with Gasteiger partial charge in [0.25, 0.3) is 17.5 Å². The molecule has 1 amide bonds. The Kier molecular flexibility index (Phi) is 3.34. The molecule has 1 aliphatic carbocycles. The van der Waals surface area contributed by atoms with Crippen molar-refractivity contribution in [1.82, 2.24) is 4.90 Å². The van der Waals surface area contributed by atoms with Gasteiger partial charge in [-0.3, -0.25) is 9.59 Å². The second-order valence-corrected chi connectivity index (χ2v) is 8.03. The molecular formula is C21H19NO7. The van der Waals surface area contributed by atoms with E-state index in [0.717, 1.165) is 4.90 Å². The zero-order chi connectivity index (χ0) is 20.8. The summed E-state index contributed by atoms with van der Waals surface area (Å²) in [5.41, 5.74) is -2.16. The number of likely N-dealkylation sites (tertiary alicyclic amines) is 1. The first-order valence-electron chi connectivity index (χ1n) is 9.27. The molecule has 1 aromatic carbocycles. The number of carbonyl (C=O) groups is 2. The third-order valence-electron chi connectivity index (χ3n) is 5.90. The van der Waals surface area contributed by atoms with Gasteiger partial charge < -0.3 is 29.4 Å². The van der Waals surface area contributed by atoms with E-state index in [4.69, 9.17) is 9.15 Å². The summed E-state index contributed by atoms with van der Waals surface area (Å²) < 4.78 is 11.0. The minimum Gasteiger partial charge on any atom is -0.472 e. The number of aliphatic hydroxyl groups is 3. The van der Waals surface area contributed by atoms with Gasteiger partial charge >= 0.3 is 0 Å². The van der Waals surface area contributed by atoms with Crippen LogP contribution in [0.15, 0.2) is 52.8 Å². The van der Waals surface area contributed by atoms with E-state index >= 15 is 0 Å². The fourth-order valence-electron chi connectivity index (χ4n) is 4.88. The molecule has 3 N–H and O–H groups in total. The van der Waals surface area contributed by atoms with Crippen LogP contribution in [0.3, 0.4) is 0 Å². The van der Waals surface area contributed by atoms with E-state index in [-0.39, 0.29) is 34.9 Å². The highest BCUT2D eigenvalue weighted by Crippen LogP contribution is 2.67. The first kappa shape index (κ1) is 18.1. The number of rotatable bonds is 3. The number of ketones is 1. The first-order valence-corrected chi connectivity index (χ1v) is 9.27. The molecule has 8 heteroatoms. The van der Waals surface area contributed by atoms with Crippen molar-refractivity contribution >= 4 is 17.4 Å². The van der Waals surface area contributed by atoms with Crippen molar-refractivity contribution in [2.24, 2.45) is 5.92 Å². The molecule has 1 aromatic heterocycles. The van der Waals surface area contributed by atoms with E-state index in [9.17, 15) is 24.9 Å². The van der Waals surface area contributed by atoms with Gasteiger partial charge in [0.2, 0.25) is 11.3 Å². The number of hydrogen-bond acceptors (Lipinski definition) is 7. The Morgan fingerprint density at radius 3 is 2.38 bits per heavy atom. The van der Waals surface area contributed by atoms with E-state index < -0.39 is 28.8 Å². The zero-order valence-corrected chi connectivity index (χ0v) is 15.7. The van der Waals surface area contributed by atoms with Gasteiger partial charge in [-0.05, 0) is 12.0 Å². The van der Waals surface area contributed by atoms with Crippen LogP contribution in [0, 0.1) is 5.92 Å². The molecule has 0 saturated carbocycles. The summed E-state index contributed by atoms with van der Waals surface area (Å²) in [6.45, 7) is 3.65. The molecular weight excluding hydrogens is 378 g/mol. The number of fused-ring (bicyclic) bond motifs is 2. The third-order valence-corrected chi connectivity index (χ3v) is 5.90. The van der Waals surface area contributed by atoms with Crippen molar-refractivity contribution in [3.8, 4) is 0 Å².